The number of aromatic nitrogens is 1. The van der Waals surface area contributed by atoms with Crippen LogP contribution < -0.4 is 5.32 Å². The van der Waals surface area contributed by atoms with Crippen LogP contribution in [-0.2, 0) is 0 Å². The van der Waals surface area contributed by atoms with Crippen LogP contribution in [0.1, 0.15) is 22.1 Å². The fourth-order valence-electron chi connectivity index (χ4n) is 1.66. The average Bonchev–Trinajstić information content (AvgIpc) is 2.84. The molecule has 0 saturated carbocycles. The van der Waals surface area contributed by atoms with Crippen molar-refractivity contribution in [3.63, 3.8) is 0 Å². The number of carbonyl (C=O) groups excluding carboxylic acids is 1. The van der Waals surface area contributed by atoms with E-state index in [-0.39, 0.29) is 12.5 Å². The molecule has 6 heteroatoms. The number of hydrogen-bond donors (Lipinski definition) is 3. The van der Waals surface area contributed by atoms with Gasteiger partial charge in [-0.15, -0.1) is 0 Å². The minimum absolute atomic E-state index is 0.185. The van der Waals surface area contributed by atoms with Crippen LogP contribution >= 0.6 is 27.5 Å². The number of aliphatic hydroxyl groups is 1. The average molecular weight is 344 g/mol. The minimum atomic E-state index is -0.466. The van der Waals surface area contributed by atoms with E-state index in [4.69, 9.17) is 11.6 Å². The first kappa shape index (κ1) is 14.1. The number of rotatable bonds is 4. The Morgan fingerprint density at radius 2 is 2.11 bits per heavy atom. The Morgan fingerprint density at radius 1 is 1.42 bits per heavy atom. The van der Waals surface area contributed by atoms with E-state index in [0.29, 0.717) is 10.7 Å². The second-order valence-electron chi connectivity index (χ2n) is 3.99. The van der Waals surface area contributed by atoms with Gasteiger partial charge in [0, 0.05) is 15.7 Å². The maximum atomic E-state index is 12.0. The molecule has 0 aliphatic rings. The van der Waals surface area contributed by atoms with Crippen molar-refractivity contribution >= 4 is 33.4 Å². The summed E-state index contributed by atoms with van der Waals surface area (Å²) in [5, 5.41) is 12.7. The molecule has 100 valence electrons. The molecule has 0 aliphatic heterocycles. The molecule has 2 rings (SSSR count). The van der Waals surface area contributed by atoms with Crippen LogP contribution in [0.25, 0.3) is 0 Å². The number of carbonyl (C=O) groups is 1. The summed E-state index contributed by atoms with van der Waals surface area (Å²) in [7, 11) is 0. The third-order valence-corrected chi connectivity index (χ3v) is 3.36. The van der Waals surface area contributed by atoms with Gasteiger partial charge < -0.3 is 15.4 Å². The number of hydrogen-bond acceptors (Lipinski definition) is 2. The largest absolute Gasteiger partial charge is 0.394 e. The van der Waals surface area contributed by atoms with E-state index in [1.54, 1.807) is 36.5 Å². The summed E-state index contributed by atoms with van der Waals surface area (Å²) >= 11 is 9.07. The fraction of sp³-hybridized carbons (Fsp3) is 0.154. The van der Waals surface area contributed by atoms with Gasteiger partial charge >= 0.3 is 0 Å². The highest BCUT2D eigenvalue weighted by molar-refractivity contribution is 9.10. The van der Waals surface area contributed by atoms with Gasteiger partial charge in [0.1, 0.15) is 5.69 Å². The van der Waals surface area contributed by atoms with Crippen molar-refractivity contribution < 1.29 is 9.90 Å². The Kier molecular flexibility index (Phi) is 4.63. The molecule has 1 unspecified atom stereocenters. The lowest BCUT2D eigenvalue weighted by atomic mass is 10.1. The van der Waals surface area contributed by atoms with Crippen molar-refractivity contribution in [3.8, 4) is 0 Å². The topological polar surface area (TPSA) is 65.1 Å². The van der Waals surface area contributed by atoms with Gasteiger partial charge in [-0.1, -0.05) is 23.7 Å². The SMILES string of the molecule is O=C(NC(CO)c1ccc(Cl)cc1)c1cc(Br)c[nH]1. The molecule has 0 saturated heterocycles. The molecular weight excluding hydrogens is 332 g/mol. The molecule has 0 aliphatic carbocycles. The van der Waals surface area contributed by atoms with Crippen molar-refractivity contribution in [1.29, 1.82) is 0 Å². The molecule has 1 aromatic heterocycles. The normalized spacial score (nSPS) is 12.2. The molecule has 1 atom stereocenters. The van der Waals surface area contributed by atoms with Crippen molar-refractivity contribution in [2.75, 3.05) is 6.61 Å². The van der Waals surface area contributed by atoms with Crippen molar-refractivity contribution in [2.24, 2.45) is 0 Å². The minimum Gasteiger partial charge on any atom is -0.394 e. The number of nitrogens with one attached hydrogen (secondary N) is 2. The lowest BCUT2D eigenvalue weighted by Crippen LogP contribution is -2.30. The molecule has 0 bridgehead atoms. The highest BCUT2D eigenvalue weighted by Gasteiger charge is 2.15. The van der Waals surface area contributed by atoms with Gasteiger partial charge in [-0.3, -0.25) is 4.79 Å². The Bertz CT molecular complexity index is 568. The van der Waals surface area contributed by atoms with Gasteiger partial charge in [0.15, 0.2) is 0 Å². The van der Waals surface area contributed by atoms with E-state index in [2.05, 4.69) is 26.2 Å². The molecule has 1 amide bonds. The lowest BCUT2D eigenvalue weighted by molar-refractivity contribution is 0.0912. The lowest BCUT2D eigenvalue weighted by Gasteiger charge is -2.16. The van der Waals surface area contributed by atoms with E-state index in [0.717, 1.165) is 10.0 Å². The van der Waals surface area contributed by atoms with Crippen molar-refractivity contribution in [1.82, 2.24) is 10.3 Å². The quantitative estimate of drug-likeness (QED) is 0.799. The third kappa shape index (κ3) is 3.59. The standard InChI is InChI=1S/C13H12BrClN2O2/c14-9-5-11(16-6-9)13(19)17-12(7-18)8-1-3-10(15)4-2-8/h1-6,12,16,18H,7H2,(H,17,19). The molecule has 1 aromatic carbocycles. The summed E-state index contributed by atoms with van der Waals surface area (Å²) in [6.07, 6.45) is 1.67. The van der Waals surface area contributed by atoms with E-state index in [9.17, 15) is 9.90 Å². The van der Waals surface area contributed by atoms with Crippen LogP contribution in [0.4, 0.5) is 0 Å². The molecule has 3 N–H and O–H groups in total. The Labute approximate surface area is 123 Å². The molecule has 19 heavy (non-hydrogen) atoms. The van der Waals surface area contributed by atoms with Gasteiger partial charge in [-0.2, -0.15) is 0 Å². The highest BCUT2D eigenvalue weighted by Crippen LogP contribution is 2.17. The van der Waals surface area contributed by atoms with E-state index >= 15 is 0 Å². The first-order valence-electron chi connectivity index (χ1n) is 5.61. The van der Waals surface area contributed by atoms with Crippen molar-refractivity contribution in [3.05, 3.63) is 57.3 Å². The van der Waals surface area contributed by atoms with Gasteiger partial charge in [0.2, 0.25) is 0 Å². The molecule has 0 spiro atoms. The summed E-state index contributed by atoms with van der Waals surface area (Å²) in [5.74, 6) is -0.278. The smallest absolute Gasteiger partial charge is 0.268 e. The zero-order valence-electron chi connectivity index (χ0n) is 9.86. The van der Waals surface area contributed by atoms with Gasteiger partial charge in [0.25, 0.3) is 5.91 Å². The predicted molar refractivity (Wildman–Crippen MR) is 77.2 cm³/mol. The highest BCUT2D eigenvalue weighted by atomic mass is 79.9. The maximum Gasteiger partial charge on any atom is 0.268 e. The zero-order chi connectivity index (χ0) is 13.8. The number of benzene rings is 1. The Hall–Kier alpha value is -1.30. The molecule has 0 fully saturated rings. The van der Waals surface area contributed by atoms with Crippen LogP contribution in [0.15, 0.2) is 41.0 Å². The molecule has 0 radical (unpaired) electrons. The molecular formula is C13H12BrClN2O2. The monoisotopic (exact) mass is 342 g/mol. The maximum absolute atomic E-state index is 12.0. The summed E-state index contributed by atoms with van der Waals surface area (Å²) in [4.78, 5) is 14.8. The zero-order valence-corrected chi connectivity index (χ0v) is 12.2. The molecule has 4 nitrogen and oxygen atoms in total. The predicted octanol–water partition coefficient (Wildman–Crippen LogP) is 2.89. The number of amides is 1. The van der Waals surface area contributed by atoms with E-state index in [1.807, 2.05) is 0 Å². The number of aliphatic hydroxyl groups excluding tert-OH is 1. The summed E-state index contributed by atoms with van der Waals surface area (Å²) in [6, 6.07) is 8.19. The summed E-state index contributed by atoms with van der Waals surface area (Å²) in [6.45, 7) is -0.185. The Morgan fingerprint density at radius 3 is 2.63 bits per heavy atom. The van der Waals surface area contributed by atoms with Crippen molar-refractivity contribution in [2.45, 2.75) is 6.04 Å². The number of halogens is 2. The van der Waals surface area contributed by atoms with Crippen LogP contribution in [0.5, 0.6) is 0 Å². The van der Waals surface area contributed by atoms with Gasteiger partial charge in [-0.05, 0) is 39.7 Å². The van der Waals surface area contributed by atoms with Crippen LogP contribution in [0.3, 0.4) is 0 Å². The van der Waals surface area contributed by atoms with Gasteiger partial charge in [-0.25, -0.2) is 0 Å². The molecule has 1 heterocycles. The first-order valence-corrected chi connectivity index (χ1v) is 6.78. The first-order chi connectivity index (χ1) is 9.10. The Balaban J connectivity index is 2.11. The third-order valence-electron chi connectivity index (χ3n) is 2.65. The van der Waals surface area contributed by atoms with E-state index < -0.39 is 6.04 Å². The number of aromatic amines is 1. The van der Waals surface area contributed by atoms with E-state index in [1.165, 1.54) is 0 Å². The fourth-order valence-corrected chi connectivity index (χ4v) is 2.13. The van der Waals surface area contributed by atoms with Gasteiger partial charge in [0.05, 0.1) is 12.6 Å². The van der Waals surface area contributed by atoms with Crippen LogP contribution in [0.2, 0.25) is 5.02 Å². The second kappa shape index (κ2) is 6.23. The summed E-state index contributed by atoms with van der Waals surface area (Å²) in [5.41, 5.74) is 1.23. The number of H-pyrrole nitrogens is 1. The summed E-state index contributed by atoms with van der Waals surface area (Å²) < 4.78 is 0.796. The second-order valence-corrected chi connectivity index (χ2v) is 5.34. The molecule has 2 aromatic rings. The van der Waals surface area contributed by atoms with Crippen LogP contribution in [0, 0.1) is 0 Å². The van der Waals surface area contributed by atoms with Crippen LogP contribution in [-0.4, -0.2) is 22.6 Å².